The van der Waals surface area contributed by atoms with Crippen LogP contribution in [-0.2, 0) is 0 Å². The smallest absolute Gasteiger partial charge is 0.194 e. The second-order valence-corrected chi connectivity index (χ2v) is 21.2. The highest BCUT2D eigenvalue weighted by molar-refractivity contribution is 6.12. The SMILES string of the molecule is [C-]#[N+]c1ccc(-c2cccc(-c3nc(-c4ccc(-c5ccccc5C#N)cc4-n4c5ccccc5c5cc(-c6ccccc6)ccc54)nc(-c4ccc(-c5ccccc5[N+]#[C-])cc4-n4c5ccccc5c5cc(-c6ccccc6)ccc54)n3)c2)cc1. The van der Waals surface area contributed by atoms with Crippen molar-refractivity contribution in [3.05, 3.63) is 307 Å². The lowest BCUT2D eigenvalue weighted by Crippen LogP contribution is -2.06. The first-order valence-corrected chi connectivity index (χ1v) is 28.3. The predicted molar refractivity (Wildman–Crippen MR) is 349 cm³/mol. The molecule has 0 aliphatic carbocycles. The number of hydrogen-bond acceptors (Lipinski definition) is 4. The number of hydrogen-bond donors (Lipinski definition) is 0. The van der Waals surface area contributed by atoms with Crippen LogP contribution in [0.3, 0.4) is 0 Å². The highest BCUT2D eigenvalue weighted by atomic mass is 15.1. The molecule has 0 saturated heterocycles. The Morgan fingerprint density at radius 2 is 0.733 bits per heavy atom. The summed E-state index contributed by atoms with van der Waals surface area (Å²) in [6.45, 7) is 15.9. The summed E-state index contributed by atoms with van der Waals surface area (Å²) in [5.41, 5.74) is 19.2. The molecule has 0 radical (unpaired) electrons. The molecule has 15 aromatic rings. The first-order chi connectivity index (χ1) is 42.5. The Labute approximate surface area is 496 Å². The molecule has 86 heavy (non-hydrogen) atoms. The van der Waals surface area contributed by atoms with Gasteiger partial charge >= 0.3 is 0 Å². The molecule has 0 saturated carbocycles. The third-order valence-electron chi connectivity index (χ3n) is 16.3. The molecule has 15 rings (SSSR count). The average molecular weight is 1100 g/mol. The monoisotopic (exact) mass is 1090 g/mol. The molecule has 8 heteroatoms. The van der Waals surface area contributed by atoms with Gasteiger partial charge in [-0.2, -0.15) is 5.26 Å². The highest BCUT2D eigenvalue weighted by Crippen LogP contribution is 2.44. The van der Waals surface area contributed by atoms with Crippen molar-refractivity contribution in [2.45, 2.75) is 0 Å². The lowest BCUT2D eigenvalue weighted by molar-refractivity contribution is 1.06. The van der Waals surface area contributed by atoms with Gasteiger partial charge in [0.05, 0.1) is 58.2 Å². The van der Waals surface area contributed by atoms with Gasteiger partial charge in [0.15, 0.2) is 28.8 Å². The Kier molecular flexibility index (Phi) is 12.5. The van der Waals surface area contributed by atoms with Crippen LogP contribution in [0.1, 0.15) is 5.56 Å². The Bertz CT molecular complexity index is 5050. The van der Waals surface area contributed by atoms with Crippen molar-refractivity contribution >= 4 is 55.0 Å². The van der Waals surface area contributed by atoms with Crippen LogP contribution in [0.2, 0.25) is 0 Å². The van der Waals surface area contributed by atoms with Crippen LogP contribution in [0, 0.1) is 24.5 Å². The number of benzene rings is 12. The minimum atomic E-state index is 0.432. The fourth-order valence-electron chi connectivity index (χ4n) is 12.2. The quantitative estimate of drug-likeness (QED) is 0.128. The van der Waals surface area contributed by atoms with E-state index < -0.39 is 0 Å². The summed E-state index contributed by atoms with van der Waals surface area (Å²) in [7, 11) is 0. The van der Waals surface area contributed by atoms with Crippen LogP contribution in [-0.4, -0.2) is 24.1 Å². The third-order valence-corrected chi connectivity index (χ3v) is 16.3. The van der Waals surface area contributed by atoms with Crippen LogP contribution in [0.4, 0.5) is 11.4 Å². The summed E-state index contributed by atoms with van der Waals surface area (Å²) >= 11 is 0. The third kappa shape index (κ3) is 8.82. The van der Waals surface area contributed by atoms with Crippen LogP contribution in [0.25, 0.3) is 154 Å². The molecule has 0 atom stereocenters. The Morgan fingerprint density at radius 3 is 1.30 bits per heavy atom. The number of para-hydroxylation sites is 3. The minimum Gasteiger partial charge on any atom is -0.308 e. The zero-order valence-electron chi connectivity index (χ0n) is 46.1. The number of nitrogens with zero attached hydrogens (tertiary/aromatic N) is 8. The Hall–Kier alpha value is -12.3. The van der Waals surface area contributed by atoms with E-state index in [1.807, 2.05) is 97.1 Å². The predicted octanol–water partition coefficient (Wildman–Crippen LogP) is 20.4. The molecule has 0 aliphatic heterocycles. The largest absolute Gasteiger partial charge is 0.308 e. The van der Waals surface area contributed by atoms with Gasteiger partial charge in [-0.1, -0.05) is 206 Å². The van der Waals surface area contributed by atoms with Crippen LogP contribution in [0.15, 0.2) is 279 Å². The molecule has 3 aromatic heterocycles. The second kappa shape index (κ2) is 21.2. The summed E-state index contributed by atoms with van der Waals surface area (Å²) in [4.78, 5) is 24.4. The fraction of sp³-hybridized carbons (Fsp3) is 0. The van der Waals surface area contributed by atoms with E-state index in [0.717, 1.165) is 127 Å². The van der Waals surface area contributed by atoms with Crippen molar-refractivity contribution < 1.29 is 0 Å². The molecule has 0 N–H and O–H groups in total. The van der Waals surface area contributed by atoms with Crippen LogP contribution >= 0.6 is 0 Å². The van der Waals surface area contributed by atoms with Crippen LogP contribution in [0.5, 0.6) is 0 Å². The standard InChI is InChI=1S/C78H46N8/c1-80-60-38-32-52(33-39-60)53-23-17-24-58(44-53)76-82-77(65-40-34-56(61-25-10-9-22-59(61)49-79)47-74(65)85-70-30-15-12-27-63(70)67-45-54(36-42-72(67)85)50-18-5-3-6-19-50)84-78(83-76)66-41-35-57(62-26-11-14-29-69(62)81-2)48-75(66)86-71-31-16-13-28-64(71)68-46-55(37-43-73(68)86)51-20-7-4-8-21-51/h3-48H. The van der Waals surface area contributed by atoms with E-state index in [2.05, 4.69) is 207 Å². The number of fused-ring (bicyclic) bond motifs is 6. The van der Waals surface area contributed by atoms with Crippen molar-refractivity contribution in [2.24, 2.45) is 0 Å². The second-order valence-electron chi connectivity index (χ2n) is 21.2. The average Bonchev–Trinajstić information content (AvgIpc) is 3.21. The van der Waals surface area contributed by atoms with E-state index in [9.17, 15) is 5.26 Å². The molecule has 0 fully saturated rings. The van der Waals surface area contributed by atoms with Gasteiger partial charge in [0.1, 0.15) is 0 Å². The molecule has 0 bridgehead atoms. The summed E-state index contributed by atoms with van der Waals surface area (Å²) in [6, 6.07) is 97.6. The van der Waals surface area contributed by atoms with Gasteiger partial charge < -0.3 is 9.13 Å². The first kappa shape index (κ1) is 50.7. The van der Waals surface area contributed by atoms with Crippen molar-refractivity contribution in [3.63, 3.8) is 0 Å². The lowest BCUT2D eigenvalue weighted by atomic mass is 9.97. The summed E-state index contributed by atoms with van der Waals surface area (Å²) < 4.78 is 4.62. The number of nitriles is 1. The molecule has 398 valence electrons. The maximum Gasteiger partial charge on any atom is 0.194 e. The lowest BCUT2D eigenvalue weighted by Gasteiger charge is -2.18. The topological polar surface area (TPSA) is 81.0 Å². The van der Waals surface area contributed by atoms with Crippen molar-refractivity contribution in [1.82, 2.24) is 24.1 Å². The van der Waals surface area contributed by atoms with Crippen LogP contribution < -0.4 is 0 Å². The number of aromatic nitrogens is 5. The number of rotatable bonds is 10. The van der Waals surface area contributed by atoms with Crippen molar-refractivity contribution in [3.8, 4) is 107 Å². The van der Waals surface area contributed by atoms with Gasteiger partial charge in [-0.25, -0.2) is 24.6 Å². The zero-order valence-corrected chi connectivity index (χ0v) is 46.1. The molecule has 0 unspecified atom stereocenters. The van der Waals surface area contributed by atoms with Gasteiger partial charge in [0, 0.05) is 38.2 Å². The van der Waals surface area contributed by atoms with Gasteiger partial charge in [-0.05, 0) is 128 Å². The molecule has 12 aromatic carbocycles. The first-order valence-electron chi connectivity index (χ1n) is 28.3. The summed E-state index contributed by atoms with van der Waals surface area (Å²) in [5, 5.41) is 14.9. The Morgan fingerprint density at radius 1 is 0.302 bits per heavy atom. The fourth-order valence-corrected chi connectivity index (χ4v) is 12.2. The molecular formula is C78H46N8. The normalized spacial score (nSPS) is 11.2. The molecule has 8 nitrogen and oxygen atoms in total. The van der Waals surface area contributed by atoms with Gasteiger partial charge in [-0.3, -0.25) is 0 Å². The molecular weight excluding hydrogens is 1050 g/mol. The van der Waals surface area contributed by atoms with E-state index in [4.69, 9.17) is 28.1 Å². The maximum atomic E-state index is 10.5. The van der Waals surface area contributed by atoms with E-state index in [0.29, 0.717) is 34.4 Å². The molecule has 0 spiro atoms. The van der Waals surface area contributed by atoms with E-state index >= 15 is 0 Å². The zero-order chi connectivity index (χ0) is 57.7. The van der Waals surface area contributed by atoms with E-state index in [1.54, 1.807) is 0 Å². The summed E-state index contributed by atoms with van der Waals surface area (Å²) in [5.74, 6) is 1.32. The van der Waals surface area contributed by atoms with Gasteiger partial charge in [-0.15, -0.1) is 0 Å². The Balaban J connectivity index is 1.03. The minimum absolute atomic E-state index is 0.432. The van der Waals surface area contributed by atoms with E-state index in [1.165, 1.54) is 0 Å². The summed E-state index contributed by atoms with van der Waals surface area (Å²) in [6.07, 6.45) is 0. The highest BCUT2D eigenvalue weighted by Gasteiger charge is 2.25. The molecule has 0 aliphatic rings. The van der Waals surface area contributed by atoms with Crippen molar-refractivity contribution in [1.29, 1.82) is 5.26 Å². The maximum absolute atomic E-state index is 10.5. The van der Waals surface area contributed by atoms with Crippen molar-refractivity contribution in [2.75, 3.05) is 0 Å². The molecule has 0 amide bonds. The van der Waals surface area contributed by atoms with Gasteiger partial charge in [0.2, 0.25) is 0 Å². The molecule has 3 heterocycles. The van der Waals surface area contributed by atoms with Gasteiger partial charge in [0.25, 0.3) is 0 Å². The van der Waals surface area contributed by atoms with E-state index in [-0.39, 0.29) is 0 Å².